The molecule has 2 aromatic rings. The Morgan fingerprint density at radius 1 is 1.12 bits per heavy atom. The van der Waals surface area contributed by atoms with Gasteiger partial charge in [-0.1, -0.05) is 25.1 Å². The van der Waals surface area contributed by atoms with Crippen molar-refractivity contribution in [3.05, 3.63) is 71.8 Å². The van der Waals surface area contributed by atoms with E-state index >= 15 is 0 Å². The molecular formula is C25H30N2O7. The van der Waals surface area contributed by atoms with E-state index in [1.54, 1.807) is 48.5 Å². The second-order valence-corrected chi connectivity index (χ2v) is 7.66. The molecule has 182 valence electrons. The van der Waals surface area contributed by atoms with Gasteiger partial charge >= 0.3 is 6.09 Å². The fourth-order valence-electron chi connectivity index (χ4n) is 3.25. The lowest BCUT2D eigenvalue weighted by Crippen LogP contribution is -2.22. The number of carbonyl (C=O) groups excluding carboxylic acids is 3. The molecule has 9 nitrogen and oxygen atoms in total. The average Bonchev–Trinajstić information content (AvgIpc) is 2.84. The number of allylic oxidation sites excluding steroid dienone is 1. The minimum atomic E-state index is -0.663. The maximum atomic E-state index is 12.7. The van der Waals surface area contributed by atoms with Crippen molar-refractivity contribution >= 4 is 23.5 Å². The van der Waals surface area contributed by atoms with Gasteiger partial charge in [-0.05, 0) is 67.6 Å². The van der Waals surface area contributed by atoms with Gasteiger partial charge in [-0.25, -0.2) is 10.3 Å². The normalized spacial score (nSPS) is 12.6. The van der Waals surface area contributed by atoms with E-state index in [0.717, 1.165) is 0 Å². The van der Waals surface area contributed by atoms with Crippen LogP contribution in [0.15, 0.2) is 60.7 Å². The fourth-order valence-corrected chi connectivity index (χ4v) is 3.25. The van der Waals surface area contributed by atoms with E-state index in [4.69, 9.17) is 19.8 Å². The van der Waals surface area contributed by atoms with Gasteiger partial charge < -0.3 is 14.6 Å². The van der Waals surface area contributed by atoms with E-state index in [0.29, 0.717) is 35.4 Å². The Hall–Kier alpha value is -3.69. The maximum absolute atomic E-state index is 12.7. The van der Waals surface area contributed by atoms with Gasteiger partial charge in [0.15, 0.2) is 5.78 Å². The van der Waals surface area contributed by atoms with Gasteiger partial charge in [-0.15, -0.1) is 0 Å². The summed E-state index contributed by atoms with van der Waals surface area (Å²) in [6, 6.07) is 13.6. The number of hydrogen-bond acceptors (Lipinski definition) is 7. The van der Waals surface area contributed by atoms with Gasteiger partial charge in [0, 0.05) is 17.3 Å². The fraction of sp³-hybridized carbons (Fsp3) is 0.320. The van der Waals surface area contributed by atoms with Gasteiger partial charge in [0.25, 0.3) is 5.91 Å². The van der Waals surface area contributed by atoms with Crippen LogP contribution in [-0.4, -0.2) is 41.3 Å². The van der Waals surface area contributed by atoms with Crippen LogP contribution in [0, 0.1) is 5.92 Å². The molecule has 2 atom stereocenters. The Morgan fingerprint density at radius 2 is 1.85 bits per heavy atom. The van der Waals surface area contributed by atoms with Gasteiger partial charge in [-0.2, -0.15) is 0 Å². The molecule has 0 fully saturated rings. The molecule has 0 bridgehead atoms. The molecule has 0 saturated heterocycles. The van der Waals surface area contributed by atoms with Crippen LogP contribution in [0.4, 0.5) is 10.5 Å². The largest absolute Gasteiger partial charge is 0.491 e. The standard InChI is InChI=1S/C25H30N2O7/c1-17(6-3-4-9-23(30)27-32)24(20-7-5-8-22(16-20)33-15-14-28)34-25(31)26-21-12-10-19(11-13-21)18(2)29/h4-5,7-13,16-17,24,28,32H,3,6,14-15H2,1-2H3,(H,26,31)(H,27,30)/b9-4+/t17-,24+/m0/s1. The van der Waals surface area contributed by atoms with Crippen molar-refractivity contribution in [2.75, 3.05) is 18.5 Å². The summed E-state index contributed by atoms with van der Waals surface area (Å²) >= 11 is 0. The summed E-state index contributed by atoms with van der Waals surface area (Å²) in [4.78, 5) is 35.2. The Morgan fingerprint density at radius 3 is 2.50 bits per heavy atom. The number of Topliss-reactive ketones (excluding diaryl/α,β-unsaturated/α-hetero) is 1. The number of hydrogen-bond donors (Lipinski definition) is 4. The molecule has 2 amide bonds. The first kappa shape index (κ1) is 26.6. The first-order valence-electron chi connectivity index (χ1n) is 10.9. The monoisotopic (exact) mass is 470 g/mol. The first-order valence-corrected chi connectivity index (χ1v) is 10.9. The van der Waals surface area contributed by atoms with Crippen molar-refractivity contribution in [1.29, 1.82) is 0 Å². The summed E-state index contributed by atoms with van der Waals surface area (Å²) in [6.45, 7) is 3.39. The molecule has 0 aromatic heterocycles. The quantitative estimate of drug-likeness (QED) is 0.159. The molecule has 0 radical (unpaired) electrons. The summed E-state index contributed by atoms with van der Waals surface area (Å²) in [5, 5.41) is 20.2. The van der Waals surface area contributed by atoms with Crippen molar-refractivity contribution in [1.82, 2.24) is 5.48 Å². The third-order valence-corrected chi connectivity index (χ3v) is 5.00. The average molecular weight is 471 g/mol. The molecule has 0 heterocycles. The van der Waals surface area contributed by atoms with E-state index in [1.807, 2.05) is 13.0 Å². The number of aliphatic hydroxyl groups is 1. The van der Waals surface area contributed by atoms with Crippen molar-refractivity contribution < 1.29 is 34.2 Å². The van der Waals surface area contributed by atoms with E-state index in [9.17, 15) is 14.4 Å². The highest BCUT2D eigenvalue weighted by molar-refractivity contribution is 5.95. The molecule has 0 saturated carbocycles. The lowest BCUT2D eigenvalue weighted by Gasteiger charge is -2.25. The van der Waals surface area contributed by atoms with E-state index in [-0.39, 0.29) is 24.9 Å². The number of rotatable bonds is 12. The zero-order valence-corrected chi connectivity index (χ0v) is 19.2. The predicted molar refractivity (Wildman–Crippen MR) is 126 cm³/mol. The zero-order chi connectivity index (χ0) is 24.9. The van der Waals surface area contributed by atoms with Crippen molar-refractivity contribution in [3.63, 3.8) is 0 Å². The molecule has 2 aromatic carbocycles. The Balaban J connectivity index is 2.15. The van der Waals surface area contributed by atoms with E-state index < -0.39 is 18.1 Å². The minimum Gasteiger partial charge on any atom is -0.491 e. The topological polar surface area (TPSA) is 134 Å². The number of ketones is 1. The number of carbonyl (C=O) groups is 3. The molecule has 9 heteroatoms. The van der Waals surface area contributed by atoms with Gasteiger partial charge in [0.05, 0.1) is 6.61 Å². The van der Waals surface area contributed by atoms with Gasteiger partial charge in [0.1, 0.15) is 18.5 Å². The third kappa shape index (κ3) is 8.68. The van der Waals surface area contributed by atoms with Crippen LogP contribution in [0.3, 0.4) is 0 Å². The third-order valence-electron chi connectivity index (χ3n) is 5.00. The highest BCUT2D eigenvalue weighted by atomic mass is 16.6. The van der Waals surface area contributed by atoms with Crippen LogP contribution in [-0.2, 0) is 9.53 Å². The Bertz CT molecular complexity index is 989. The van der Waals surface area contributed by atoms with E-state index in [2.05, 4.69) is 5.32 Å². The lowest BCUT2D eigenvalue weighted by molar-refractivity contribution is -0.124. The van der Waals surface area contributed by atoms with Crippen LogP contribution >= 0.6 is 0 Å². The second kappa shape index (κ2) is 13.8. The number of benzene rings is 2. The molecule has 34 heavy (non-hydrogen) atoms. The number of aliphatic hydroxyl groups excluding tert-OH is 1. The highest BCUT2D eigenvalue weighted by Crippen LogP contribution is 2.32. The van der Waals surface area contributed by atoms with Crippen molar-refractivity contribution in [3.8, 4) is 5.75 Å². The Kier molecular flexibility index (Phi) is 10.8. The second-order valence-electron chi connectivity index (χ2n) is 7.66. The van der Waals surface area contributed by atoms with E-state index in [1.165, 1.54) is 18.5 Å². The predicted octanol–water partition coefficient (Wildman–Crippen LogP) is 4.03. The number of anilines is 1. The van der Waals surface area contributed by atoms with Crippen LogP contribution in [0.5, 0.6) is 5.75 Å². The molecule has 0 aliphatic rings. The highest BCUT2D eigenvalue weighted by Gasteiger charge is 2.24. The molecule has 2 rings (SSSR count). The van der Waals surface area contributed by atoms with Crippen LogP contribution in [0.1, 0.15) is 48.7 Å². The van der Waals surface area contributed by atoms with Crippen molar-refractivity contribution in [2.24, 2.45) is 5.92 Å². The summed E-state index contributed by atoms with van der Waals surface area (Å²) in [5.74, 6) is -0.297. The van der Waals surface area contributed by atoms with Crippen LogP contribution < -0.4 is 15.5 Å². The van der Waals surface area contributed by atoms with Gasteiger partial charge in [0.2, 0.25) is 0 Å². The zero-order valence-electron chi connectivity index (χ0n) is 19.2. The first-order chi connectivity index (χ1) is 16.3. The summed E-state index contributed by atoms with van der Waals surface area (Å²) in [6.07, 6.45) is 2.66. The number of hydroxylamine groups is 1. The number of nitrogens with one attached hydrogen (secondary N) is 2. The molecule has 0 aliphatic carbocycles. The lowest BCUT2D eigenvalue weighted by atomic mass is 9.93. The van der Waals surface area contributed by atoms with Crippen LogP contribution in [0.25, 0.3) is 0 Å². The summed E-state index contributed by atoms with van der Waals surface area (Å²) < 4.78 is 11.3. The molecule has 0 unspecified atom stereocenters. The molecular weight excluding hydrogens is 440 g/mol. The Labute approximate surface area is 198 Å². The molecule has 0 spiro atoms. The number of ether oxygens (including phenoxy) is 2. The van der Waals surface area contributed by atoms with Crippen LogP contribution in [0.2, 0.25) is 0 Å². The minimum absolute atomic E-state index is 0.0724. The number of amides is 2. The van der Waals surface area contributed by atoms with Gasteiger partial charge in [-0.3, -0.25) is 20.1 Å². The van der Waals surface area contributed by atoms with Crippen molar-refractivity contribution in [2.45, 2.75) is 32.8 Å². The summed E-state index contributed by atoms with van der Waals surface area (Å²) in [5.41, 5.74) is 3.26. The summed E-state index contributed by atoms with van der Waals surface area (Å²) in [7, 11) is 0. The smallest absolute Gasteiger partial charge is 0.412 e. The maximum Gasteiger partial charge on any atom is 0.412 e. The molecule has 4 N–H and O–H groups in total. The SMILES string of the molecule is CC(=O)c1ccc(NC(=O)O[C@@H](c2cccc(OCCO)c2)[C@@H](C)CC/C=C/C(=O)NO)cc1. The molecule has 0 aliphatic heterocycles.